The Morgan fingerprint density at radius 3 is 2.57 bits per heavy atom. The zero-order valence-electron chi connectivity index (χ0n) is 11.4. The number of nitrogens with zero attached hydrogens (tertiary/aromatic N) is 1. The molecular weight excluding hydrogens is 385 g/mol. The van der Waals surface area contributed by atoms with Crippen molar-refractivity contribution in [3.63, 3.8) is 0 Å². The first-order valence-corrected chi connectivity index (χ1v) is 7.53. The number of nitro benzene ring substituents is 1. The zero-order chi connectivity index (χ0) is 15.2. The van der Waals surface area contributed by atoms with Gasteiger partial charge in [0.25, 0.3) is 0 Å². The molecule has 0 aliphatic rings. The van der Waals surface area contributed by atoms with E-state index in [1.807, 2.05) is 25.1 Å². The molecule has 0 saturated carbocycles. The highest BCUT2D eigenvalue weighted by molar-refractivity contribution is 14.1. The van der Waals surface area contributed by atoms with E-state index in [0.29, 0.717) is 12.4 Å². The molecule has 6 heteroatoms. The van der Waals surface area contributed by atoms with Gasteiger partial charge in [-0.25, -0.2) is 0 Å². The second-order valence-corrected chi connectivity index (χ2v) is 5.51. The molecule has 0 spiro atoms. The quantitative estimate of drug-likeness (QED) is 0.399. The molecule has 2 rings (SSSR count). The van der Waals surface area contributed by atoms with Crippen LogP contribution < -0.4 is 9.47 Å². The number of nitro groups is 1. The molecule has 0 saturated heterocycles. The second kappa shape index (κ2) is 7.26. The van der Waals surface area contributed by atoms with E-state index in [-0.39, 0.29) is 17.2 Å². The number of benzene rings is 2. The third-order valence-corrected chi connectivity index (χ3v) is 3.30. The van der Waals surface area contributed by atoms with Gasteiger partial charge in [-0.3, -0.25) is 10.1 Å². The van der Waals surface area contributed by atoms with Gasteiger partial charge in [0.1, 0.15) is 5.75 Å². The van der Waals surface area contributed by atoms with Gasteiger partial charge in [-0.1, -0.05) is 19.1 Å². The van der Waals surface area contributed by atoms with Crippen LogP contribution in [0.3, 0.4) is 0 Å². The Bertz CT molecular complexity index is 645. The van der Waals surface area contributed by atoms with Crippen LogP contribution in [-0.4, -0.2) is 11.5 Å². The average Bonchev–Trinajstić information content (AvgIpc) is 2.45. The lowest BCUT2D eigenvalue weighted by Crippen LogP contribution is -2.01. The monoisotopic (exact) mass is 399 g/mol. The molecule has 0 radical (unpaired) electrons. The van der Waals surface area contributed by atoms with Gasteiger partial charge >= 0.3 is 5.69 Å². The first-order valence-electron chi connectivity index (χ1n) is 6.45. The van der Waals surface area contributed by atoms with Gasteiger partial charge in [0, 0.05) is 3.57 Å². The van der Waals surface area contributed by atoms with Crippen LogP contribution in [0, 0.1) is 13.7 Å². The summed E-state index contributed by atoms with van der Waals surface area (Å²) in [7, 11) is 0. The summed E-state index contributed by atoms with van der Waals surface area (Å²) in [5.41, 5.74) is -0.148. The Morgan fingerprint density at radius 2 is 1.90 bits per heavy atom. The Balaban J connectivity index is 2.36. The minimum Gasteiger partial charge on any atom is -0.487 e. The van der Waals surface area contributed by atoms with Gasteiger partial charge < -0.3 is 9.47 Å². The Morgan fingerprint density at radius 1 is 1.19 bits per heavy atom. The lowest BCUT2D eigenvalue weighted by atomic mass is 10.2. The van der Waals surface area contributed by atoms with Gasteiger partial charge in [0.2, 0.25) is 11.5 Å². The summed E-state index contributed by atoms with van der Waals surface area (Å²) in [6.45, 7) is 2.37. The molecule has 110 valence electrons. The Labute approximate surface area is 136 Å². The van der Waals surface area contributed by atoms with Crippen molar-refractivity contribution < 1.29 is 14.4 Å². The van der Waals surface area contributed by atoms with Crippen LogP contribution >= 0.6 is 22.6 Å². The lowest BCUT2D eigenvalue weighted by Gasteiger charge is -2.10. The summed E-state index contributed by atoms with van der Waals surface area (Å²) in [6, 6.07) is 12.1. The number of hydrogen-bond donors (Lipinski definition) is 0. The minimum atomic E-state index is -0.478. The number of ether oxygens (including phenoxy) is 2. The van der Waals surface area contributed by atoms with Crippen LogP contribution in [-0.2, 0) is 0 Å². The first kappa shape index (κ1) is 15.6. The van der Waals surface area contributed by atoms with E-state index in [1.54, 1.807) is 24.3 Å². The average molecular weight is 399 g/mol. The van der Waals surface area contributed by atoms with Crippen LogP contribution in [0.25, 0.3) is 0 Å². The molecule has 2 aromatic carbocycles. The molecule has 0 atom stereocenters. The van der Waals surface area contributed by atoms with Crippen molar-refractivity contribution in [2.75, 3.05) is 6.61 Å². The van der Waals surface area contributed by atoms with Crippen molar-refractivity contribution in [3.8, 4) is 17.2 Å². The van der Waals surface area contributed by atoms with Crippen LogP contribution in [0.4, 0.5) is 5.69 Å². The lowest BCUT2D eigenvalue weighted by molar-refractivity contribution is -0.386. The predicted molar refractivity (Wildman–Crippen MR) is 88.1 cm³/mol. The maximum Gasteiger partial charge on any atom is 0.352 e. The molecule has 0 bridgehead atoms. The second-order valence-electron chi connectivity index (χ2n) is 4.27. The van der Waals surface area contributed by atoms with E-state index < -0.39 is 4.92 Å². The van der Waals surface area contributed by atoms with Gasteiger partial charge in [-0.05, 0) is 59.3 Å². The molecule has 0 amide bonds. The van der Waals surface area contributed by atoms with Crippen LogP contribution in [0.15, 0.2) is 42.5 Å². The van der Waals surface area contributed by atoms with Gasteiger partial charge in [0.15, 0.2) is 0 Å². The molecule has 21 heavy (non-hydrogen) atoms. The summed E-state index contributed by atoms with van der Waals surface area (Å²) in [4.78, 5) is 10.8. The molecule has 0 aromatic heterocycles. The fourth-order valence-corrected chi connectivity index (χ4v) is 2.26. The maximum absolute atomic E-state index is 11.3. The molecule has 0 N–H and O–H groups in total. The van der Waals surface area contributed by atoms with Gasteiger partial charge in [0.05, 0.1) is 11.5 Å². The smallest absolute Gasteiger partial charge is 0.352 e. The van der Waals surface area contributed by atoms with Crippen LogP contribution in [0.2, 0.25) is 0 Å². The summed E-state index contributed by atoms with van der Waals surface area (Å²) in [5, 5.41) is 11.3. The van der Waals surface area contributed by atoms with Crippen molar-refractivity contribution >= 4 is 28.3 Å². The largest absolute Gasteiger partial charge is 0.487 e. The molecule has 2 aromatic rings. The molecule has 0 aliphatic heterocycles. The number of para-hydroxylation sites is 1. The third-order valence-electron chi connectivity index (χ3n) is 2.63. The van der Waals surface area contributed by atoms with Crippen molar-refractivity contribution in [1.29, 1.82) is 0 Å². The zero-order valence-corrected chi connectivity index (χ0v) is 13.6. The Kier molecular flexibility index (Phi) is 5.38. The van der Waals surface area contributed by atoms with E-state index in [9.17, 15) is 10.1 Å². The molecule has 0 fully saturated rings. The van der Waals surface area contributed by atoms with Crippen molar-refractivity contribution in [2.24, 2.45) is 0 Å². The first-order chi connectivity index (χ1) is 10.1. The van der Waals surface area contributed by atoms with Gasteiger partial charge in [-0.15, -0.1) is 0 Å². The molecule has 0 unspecified atom stereocenters. The topological polar surface area (TPSA) is 61.6 Å². The fourth-order valence-electron chi connectivity index (χ4n) is 1.75. The minimum absolute atomic E-state index is 0.148. The normalized spacial score (nSPS) is 10.2. The van der Waals surface area contributed by atoms with E-state index >= 15 is 0 Å². The number of halogens is 1. The SMILES string of the molecule is CCCOc1cccc(Oc2cccc(I)c2)c1[N+](=O)[O-]. The summed E-state index contributed by atoms with van der Waals surface area (Å²) >= 11 is 2.16. The molecule has 5 nitrogen and oxygen atoms in total. The number of hydrogen-bond acceptors (Lipinski definition) is 4. The van der Waals surface area contributed by atoms with Crippen molar-refractivity contribution in [3.05, 3.63) is 56.1 Å². The Hall–Kier alpha value is -1.83. The van der Waals surface area contributed by atoms with Crippen LogP contribution in [0.1, 0.15) is 13.3 Å². The summed E-state index contributed by atoms with van der Waals surface area (Å²) in [6.07, 6.45) is 0.777. The van der Waals surface area contributed by atoms with Crippen LogP contribution in [0.5, 0.6) is 17.2 Å². The standard InChI is InChI=1S/C15H14INO4/c1-2-9-20-13-7-4-8-14(15(13)17(18)19)21-12-6-3-5-11(16)10-12/h3-8,10H,2,9H2,1H3. The van der Waals surface area contributed by atoms with E-state index in [1.165, 1.54) is 0 Å². The van der Waals surface area contributed by atoms with E-state index in [0.717, 1.165) is 9.99 Å². The third kappa shape index (κ3) is 4.07. The predicted octanol–water partition coefficient (Wildman–Crippen LogP) is 4.78. The van der Waals surface area contributed by atoms with Crippen molar-refractivity contribution in [1.82, 2.24) is 0 Å². The number of rotatable bonds is 6. The fraction of sp³-hybridized carbons (Fsp3) is 0.200. The van der Waals surface area contributed by atoms with E-state index in [4.69, 9.17) is 9.47 Å². The summed E-state index contributed by atoms with van der Waals surface area (Å²) < 4.78 is 12.1. The van der Waals surface area contributed by atoms with E-state index in [2.05, 4.69) is 22.6 Å². The highest BCUT2D eigenvalue weighted by Crippen LogP contribution is 2.39. The molecular formula is C15H14INO4. The highest BCUT2D eigenvalue weighted by atomic mass is 127. The summed E-state index contributed by atoms with van der Waals surface area (Å²) in [5.74, 6) is 0.957. The van der Waals surface area contributed by atoms with Crippen molar-refractivity contribution in [2.45, 2.75) is 13.3 Å². The molecule has 0 aliphatic carbocycles. The van der Waals surface area contributed by atoms with Gasteiger partial charge in [-0.2, -0.15) is 0 Å². The molecule has 0 heterocycles. The maximum atomic E-state index is 11.3. The highest BCUT2D eigenvalue weighted by Gasteiger charge is 2.22.